The van der Waals surface area contributed by atoms with Gasteiger partial charge in [0.2, 0.25) is 0 Å². The first kappa shape index (κ1) is 43.7. The summed E-state index contributed by atoms with van der Waals surface area (Å²) in [4.78, 5) is 43.4. The van der Waals surface area contributed by atoms with Crippen LogP contribution >= 0.6 is 0 Å². The second kappa shape index (κ2) is 19.3. The molecule has 334 valence electrons. The summed E-state index contributed by atoms with van der Waals surface area (Å²) in [7, 11) is 3.22. The maximum absolute atomic E-state index is 13.4. The van der Waals surface area contributed by atoms with Crippen molar-refractivity contribution in [2.75, 3.05) is 32.8 Å². The molecule has 0 saturated carbocycles. The third kappa shape index (κ3) is 8.91. The molecule has 0 radical (unpaired) electrons. The van der Waals surface area contributed by atoms with Crippen LogP contribution in [0.5, 0.6) is 11.5 Å². The van der Waals surface area contributed by atoms with E-state index in [0.29, 0.717) is 17.1 Å². The topological polar surface area (TPSA) is 159 Å². The summed E-state index contributed by atoms with van der Waals surface area (Å²) in [5.74, 6) is 0.898. The Bertz CT molecular complexity index is 2780. The van der Waals surface area contributed by atoms with E-state index in [1.807, 2.05) is 103 Å². The molecule has 2 aliphatic rings. The SMILES string of the molecule is COc1ccc(C(OC[C@H]2O[C@@H](n3ccc(NC(=O)c4ccc(CNC(=O)OCC5c6ccccc6-c6ccccc65)cc4)nc3=O)C[C@H]2O)(c2ccccc2)c2ccc(OC)cc2)cc1. The van der Waals surface area contributed by atoms with Crippen LogP contribution in [0.15, 0.2) is 169 Å². The summed E-state index contributed by atoms with van der Waals surface area (Å²) in [6.45, 7) is 0.365. The average Bonchev–Trinajstić information content (AvgIpc) is 3.90. The second-order valence-electron chi connectivity index (χ2n) is 16.1. The Balaban J connectivity index is 0.814. The van der Waals surface area contributed by atoms with Crippen LogP contribution < -0.4 is 25.8 Å². The molecule has 2 amide bonds. The van der Waals surface area contributed by atoms with Gasteiger partial charge < -0.3 is 39.4 Å². The van der Waals surface area contributed by atoms with Gasteiger partial charge in [-0.1, -0.05) is 115 Å². The average molecular weight is 885 g/mol. The molecule has 1 aliphatic carbocycles. The van der Waals surface area contributed by atoms with Gasteiger partial charge in [-0.25, -0.2) is 9.59 Å². The van der Waals surface area contributed by atoms with Gasteiger partial charge in [0.25, 0.3) is 5.91 Å². The fraction of sp³-hybridized carbons (Fsp3) is 0.208. The molecule has 1 aromatic heterocycles. The number of alkyl carbamates (subject to hydrolysis) is 1. The molecule has 1 saturated heterocycles. The van der Waals surface area contributed by atoms with E-state index in [-0.39, 0.29) is 37.9 Å². The number of carbonyl (C=O) groups is 2. The molecular weight excluding hydrogens is 837 g/mol. The molecule has 0 spiro atoms. The molecule has 3 atom stereocenters. The lowest BCUT2D eigenvalue weighted by atomic mass is 9.80. The van der Waals surface area contributed by atoms with Gasteiger partial charge in [-0.15, -0.1) is 0 Å². The second-order valence-corrected chi connectivity index (χ2v) is 16.1. The fourth-order valence-electron chi connectivity index (χ4n) is 8.80. The Kier molecular flexibility index (Phi) is 12.7. The van der Waals surface area contributed by atoms with Crippen molar-refractivity contribution in [2.24, 2.45) is 0 Å². The number of hydrogen-bond acceptors (Lipinski definition) is 10. The van der Waals surface area contributed by atoms with Gasteiger partial charge in [-0.2, -0.15) is 4.98 Å². The number of nitrogens with one attached hydrogen (secondary N) is 2. The summed E-state index contributed by atoms with van der Waals surface area (Å²) in [5, 5.41) is 16.8. The van der Waals surface area contributed by atoms with Crippen LogP contribution in [0.4, 0.5) is 10.6 Å². The van der Waals surface area contributed by atoms with Crippen molar-refractivity contribution < 1.29 is 38.4 Å². The number of nitrogens with zero attached hydrogens (tertiary/aromatic N) is 2. The quantitative estimate of drug-likeness (QED) is 0.0857. The van der Waals surface area contributed by atoms with E-state index in [0.717, 1.165) is 44.5 Å². The van der Waals surface area contributed by atoms with Crippen molar-refractivity contribution in [1.29, 1.82) is 0 Å². The Morgan fingerprint density at radius 1 is 0.727 bits per heavy atom. The van der Waals surface area contributed by atoms with Crippen LogP contribution in [-0.2, 0) is 26.4 Å². The predicted octanol–water partition coefficient (Wildman–Crippen LogP) is 8.21. The van der Waals surface area contributed by atoms with Gasteiger partial charge in [0.1, 0.15) is 41.9 Å². The molecule has 13 heteroatoms. The fourth-order valence-corrected chi connectivity index (χ4v) is 8.80. The monoisotopic (exact) mass is 884 g/mol. The first-order chi connectivity index (χ1) is 32.2. The molecule has 0 unspecified atom stereocenters. The minimum Gasteiger partial charge on any atom is -0.497 e. The van der Waals surface area contributed by atoms with E-state index in [1.54, 1.807) is 38.5 Å². The van der Waals surface area contributed by atoms with Crippen LogP contribution in [0.2, 0.25) is 0 Å². The lowest BCUT2D eigenvalue weighted by molar-refractivity contribution is -0.0944. The minimum absolute atomic E-state index is 0.0365. The number of carbonyl (C=O) groups excluding carboxylic acids is 2. The Morgan fingerprint density at radius 2 is 1.30 bits per heavy atom. The number of ether oxygens (including phenoxy) is 5. The smallest absolute Gasteiger partial charge is 0.407 e. The number of anilines is 1. The van der Waals surface area contributed by atoms with Crippen LogP contribution in [0.1, 0.15) is 62.3 Å². The van der Waals surface area contributed by atoms with Crippen molar-refractivity contribution in [3.8, 4) is 22.6 Å². The Morgan fingerprint density at radius 3 is 1.89 bits per heavy atom. The highest BCUT2D eigenvalue weighted by molar-refractivity contribution is 6.03. The molecule has 9 rings (SSSR count). The zero-order valence-corrected chi connectivity index (χ0v) is 36.3. The molecule has 2 heterocycles. The standard InChI is InChI=1S/C53H48N4O9/c1-62-39-24-20-37(21-25-39)53(36-10-4-3-5-11-36,38-22-26-40(63-2)27-23-38)65-33-47-46(58)30-49(66-47)57-29-28-48(56-51(57)60)55-50(59)35-18-16-34(17-19-35)31-54-52(61)64-32-45-43-14-8-6-12-41(43)42-13-7-9-15-44(42)45/h3-29,45-47,49,58H,30-33H2,1-2H3,(H,54,61)(H,55,56,59,60)/t46-,47-,49-/m1/s1. The van der Waals surface area contributed by atoms with Crippen LogP contribution in [0.3, 0.4) is 0 Å². The molecule has 3 N–H and O–H groups in total. The number of aliphatic hydroxyl groups excluding tert-OH is 1. The van der Waals surface area contributed by atoms with Crippen LogP contribution in [0, 0.1) is 0 Å². The molecule has 13 nitrogen and oxygen atoms in total. The van der Waals surface area contributed by atoms with Gasteiger partial charge in [0.15, 0.2) is 0 Å². The third-order valence-corrected chi connectivity index (χ3v) is 12.2. The summed E-state index contributed by atoms with van der Waals surface area (Å²) < 4.78 is 31.1. The minimum atomic E-state index is -1.14. The van der Waals surface area contributed by atoms with Gasteiger partial charge in [0.05, 0.1) is 26.9 Å². The summed E-state index contributed by atoms with van der Waals surface area (Å²) >= 11 is 0. The maximum atomic E-state index is 13.4. The number of fused-ring (bicyclic) bond motifs is 3. The molecule has 1 aliphatic heterocycles. The number of hydrogen-bond donors (Lipinski definition) is 3. The van der Waals surface area contributed by atoms with Crippen molar-refractivity contribution in [2.45, 2.75) is 42.9 Å². The summed E-state index contributed by atoms with van der Waals surface area (Å²) in [6, 6.07) is 49.6. The molecule has 0 bridgehead atoms. The number of aromatic nitrogens is 2. The van der Waals surface area contributed by atoms with Crippen molar-refractivity contribution in [3.05, 3.63) is 213 Å². The highest BCUT2D eigenvalue weighted by atomic mass is 16.6. The number of aliphatic hydroxyl groups is 1. The largest absolute Gasteiger partial charge is 0.497 e. The van der Waals surface area contributed by atoms with E-state index in [1.165, 1.54) is 16.8 Å². The van der Waals surface area contributed by atoms with E-state index >= 15 is 0 Å². The summed E-state index contributed by atoms with van der Waals surface area (Å²) in [5.41, 5.74) is 6.34. The third-order valence-electron chi connectivity index (χ3n) is 12.2. The maximum Gasteiger partial charge on any atom is 0.407 e. The predicted molar refractivity (Wildman–Crippen MR) is 248 cm³/mol. The van der Waals surface area contributed by atoms with Crippen molar-refractivity contribution >= 4 is 17.8 Å². The highest BCUT2D eigenvalue weighted by Crippen LogP contribution is 2.45. The Hall–Kier alpha value is -7.58. The van der Waals surface area contributed by atoms with Gasteiger partial charge >= 0.3 is 11.8 Å². The molecule has 1 fully saturated rings. The molecular formula is C53H48N4O9. The van der Waals surface area contributed by atoms with E-state index in [9.17, 15) is 19.5 Å². The Labute approximate surface area is 381 Å². The van der Waals surface area contributed by atoms with E-state index in [4.69, 9.17) is 23.7 Å². The molecule has 66 heavy (non-hydrogen) atoms. The van der Waals surface area contributed by atoms with E-state index in [2.05, 4.69) is 39.9 Å². The molecule has 6 aromatic carbocycles. The lowest BCUT2D eigenvalue weighted by Crippen LogP contribution is -2.38. The zero-order valence-electron chi connectivity index (χ0n) is 36.3. The van der Waals surface area contributed by atoms with Gasteiger partial charge in [-0.05, 0) is 87.0 Å². The number of rotatable bonds is 15. The van der Waals surface area contributed by atoms with Crippen molar-refractivity contribution in [1.82, 2.24) is 14.9 Å². The summed E-state index contributed by atoms with van der Waals surface area (Å²) in [6.07, 6.45) is -1.59. The van der Waals surface area contributed by atoms with Crippen molar-refractivity contribution in [3.63, 3.8) is 0 Å². The number of amides is 2. The van der Waals surface area contributed by atoms with Gasteiger partial charge in [-0.3, -0.25) is 9.36 Å². The van der Waals surface area contributed by atoms with Gasteiger partial charge in [0, 0.05) is 30.6 Å². The first-order valence-corrected chi connectivity index (χ1v) is 21.6. The number of methoxy groups -OCH3 is 2. The highest BCUT2D eigenvalue weighted by Gasteiger charge is 2.42. The lowest BCUT2D eigenvalue weighted by Gasteiger charge is -2.37. The van der Waals surface area contributed by atoms with Crippen LogP contribution in [-0.4, -0.2) is 66.3 Å². The van der Waals surface area contributed by atoms with Crippen LogP contribution in [0.25, 0.3) is 11.1 Å². The number of benzene rings is 6. The first-order valence-electron chi connectivity index (χ1n) is 21.6. The zero-order chi connectivity index (χ0) is 45.6. The normalized spacial score (nSPS) is 16.5. The molecule has 7 aromatic rings. The van der Waals surface area contributed by atoms with E-state index < -0.39 is 41.7 Å².